The normalized spacial score (nSPS) is 10.4. The number of nitrogens with zero attached hydrogens (tertiary/aromatic N) is 1. The molecule has 0 amide bonds. The molecule has 0 saturated heterocycles. The van der Waals surface area contributed by atoms with Crippen molar-refractivity contribution in [3.05, 3.63) is 40.9 Å². The molecule has 1 N–H and O–H groups in total. The molecule has 0 radical (unpaired) electrons. The standard InChI is InChI=1S/C11H11NOS/c1-8-6-12-11(14-8)10-4-2-3-9(5-10)7-13/h2-6,13H,7H2,1H3. The lowest BCUT2D eigenvalue weighted by atomic mass is 10.1. The van der Waals surface area contributed by atoms with Crippen LogP contribution in [0.4, 0.5) is 0 Å². The highest BCUT2D eigenvalue weighted by atomic mass is 32.1. The van der Waals surface area contributed by atoms with Crippen LogP contribution in [0, 0.1) is 6.92 Å². The van der Waals surface area contributed by atoms with E-state index in [0.29, 0.717) is 0 Å². The third-order valence-electron chi connectivity index (χ3n) is 1.98. The lowest BCUT2D eigenvalue weighted by molar-refractivity contribution is 0.282. The van der Waals surface area contributed by atoms with Gasteiger partial charge in [0.25, 0.3) is 0 Å². The second-order valence-corrected chi connectivity index (χ2v) is 4.37. The zero-order valence-corrected chi connectivity index (χ0v) is 8.71. The van der Waals surface area contributed by atoms with Crippen LogP contribution in [-0.4, -0.2) is 10.1 Å². The minimum absolute atomic E-state index is 0.0815. The minimum atomic E-state index is 0.0815. The van der Waals surface area contributed by atoms with E-state index in [1.807, 2.05) is 37.4 Å². The van der Waals surface area contributed by atoms with Gasteiger partial charge in [0, 0.05) is 16.6 Å². The van der Waals surface area contributed by atoms with Crippen molar-refractivity contribution < 1.29 is 5.11 Å². The molecule has 0 aliphatic carbocycles. The van der Waals surface area contributed by atoms with Gasteiger partial charge in [-0.2, -0.15) is 0 Å². The molecule has 1 heterocycles. The number of aliphatic hydroxyl groups excluding tert-OH is 1. The van der Waals surface area contributed by atoms with Gasteiger partial charge in [-0.05, 0) is 18.6 Å². The smallest absolute Gasteiger partial charge is 0.123 e. The summed E-state index contributed by atoms with van der Waals surface area (Å²) in [5.41, 5.74) is 2.00. The van der Waals surface area contributed by atoms with Gasteiger partial charge in [-0.25, -0.2) is 4.98 Å². The molecular weight excluding hydrogens is 194 g/mol. The molecule has 0 saturated carbocycles. The summed E-state index contributed by atoms with van der Waals surface area (Å²) in [7, 11) is 0. The molecule has 0 aliphatic heterocycles. The number of thiazole rings is 1. The minimum Gasteiger partial charge on any atom is -0.392 e. The summed E-state index contributed by atoms with van der Waals surface area (Å²) in [6.45, 7) is 2.12. The zero-order chi connectivity index (χ0) is 9.97. The average molecular weight is 205 g/mol. The van der Waals surface area contributed by atoms with Gasteiger partial charge in [0.1, 0.15) is 5.01 Å². The largest absolute Gasteiger partial charge is 0.392 e. The first-order valence-corrected chi connectivity index (χ1v) is 5.24. The lowest BCUT2D eigenvalue weighted by Gasteiger charge is -1.98. The summed E-state index contributed by atoms with van der Waals surface area (Å²) in [5.74, 6) is 0. The molecule has 14 heavy (non-hydrogen) atoms. The van der Waals surface area contributed by atoms with Gasteiger partial charge in [-0.3, -0.25) is 0 Å². The number of hydrogen-bond acceptors (Lipinski definition) is 3. The maximum atomic E-state index is 9.00. The number of rotatable bonds is 2. The number of hydrogen-bond donors (Lipinski definition) is 1. The molecule has 2 aromatic rings. The van der Waals surface area contributed by atoms with Crippen LogP contribution < -0.4 is 0 Å². The Balaban J connectivity index is 2.41. The summed E-state index contributed by atoms with van der Waals surface area (Å²) in [4.78, 5) is 5.50. The van der Waals surface area contributed by atoms with Crippen molar-refractivity contribution in [1.29, 1.82) is 0 Å². The van der Waals surface area contributed by atoms with Crippen molar-refractivity contribution in [3.63, 3.8) is 0 Å². The summed E-state index contributed by atoms with van der Waals surface area (Å²) in [6, 6.07) is 7.83. The van der Waals surface area contributed by atoms with Crippen molar-refractivity contribution >= 4 is 11.3 Å². The van der Waals surface area contributed by atoms with E-state index < -0.39 is 0 Å². The molecule has 0 atom stereocenters. The van der Waals surface area contributed by atoms with Crippen molar-refractivity contribution in [2.24, 2.45) is 0 Å². The molecule has 72 valence electrons. The Morgan fingerprint density at radius 2 is 2.29 bits per heavy atom. The first-order chi connectivity index (χ1) is 6.79. The fourth-order valence-corrected chi connectivity index (χ4v) is 2.05. The zero-order valence-electron chi connectivity index (χ0n) is 7.90. The molecule has 0 aliphatic rings. The Labute approximate surface area is 86.9 Å². The number of aromatic nitrogens is 1. The second-order valence-electron chi connectivity index (χ2n) is 3.13. The quantitative estimate of drug-likeness (QED) is 0.817. The van der Waals surface area contributed by atoms with Crippen molar-refractivity contribution in [3.8, 4) is 10.6 Å². The third kappa shape index (κ3) is 1.84. The molecule has 0 unspecified atom stereocenters. The average Bonchev–Trinajstić information content (AvgIpc) is 2.65. The molecule has 0 fully saturated rings. The molecule has 2 nitrogen and oxygen atoms in total. The fraction of sp³-hybridized carbons (Fsp3) is 0.182. The van der Waals surface area contributed by atoms with Gasteiger partial charge in [-0.15, -0.1) is 11.3 Å². The lowest BCUT2D eigenvalue weighted by Crippen LogP contribution is -1.83. The van der Waals surface area contributed by atoms with Gasteiger partial charge in [0.05, 0.1) is 6.61 Å². The van der Waals surface area contributed by atoms with E-state index in [1.165, 1.54) is 4.88 Å². The summed E-state index contributed by atoms with van der Waals surface area (Å²) in [6.07, 6.45) is 1.87. The predicted molar refractivity (Wildman–Crippen MR) is 58.2 cm³/mol. The van der Waals surface area contributed by atoms with Crippen LogP contribution >= 0.6 is 11.3 Å². The van der Waals surface area contributed by atoms with E-state index in [2.05, 4.69) is 4.98 Å². The van der Waals surface area contributed by atoms with E-state index in [9.17, 15) is 0 Å². The van der Waals surface area contributed by atoms with Crippen LogP contribution in [-0.2, 0) is 6.61 Å². The Hall–Kier alpha value is -1.19. The Bertz CT molecular complexity index is 436. The maximum Gasteiger partial charge on any atom is 0.123 e. The first kappa shape index (κ1) is 9.37. The number of aryl methyl sites for hydroxylation is 1. The SMILES string of the molecule is Cc1cnc(-c2cccc(CO)c2)s1. The van der Waals surface area contributed by atoms with Crippen molar-refractivity contribution in [2.75, 3.05) is 0 Å². The number of aliphatic hydroxyl groups is 1. The Morgan fingerprint density at radius 1 is 1.43 bits per heavy atom. The summed E-state index contributed by atoms with van der Waals surface area (Å²) >= 11 is 1.67. The Morgan fingerprint density at radius 3 is 2.93 bits per heavy atom. The van der Waals surface area contributed by atoms with Crippen LogP contribution in [0.3, 0.4) is 0 Å². The van der Waals surface area contributed by atoms with Crippen LogP contribution in [0.2, 0.25) is 0 Å². The van der Waals surface area contributed by atoms with Gasteiger partial charge in [0.2, 0.25) is 0 Å². The predicted octanol–water partition coefficient (Wildman–Crippen LogP) is 2.61. The molecule has 2 rings (SSSR count). The van der Waals surface area contributed by atoms with Crippen LogP contribution in [0.15, 0.2) is 30.5 Å². The van der Waals surface area contributed by atoms with Crippen LogP contribution in [0.25, 0.3) is 10.6 Å². The molecule has 1 aromatic heterocycles. The molecule has 3 heteroatoms. The van der Waals surface area contributed by atoms with Crippen LogP contribution in [0.1, 0.15) is 10.4 Å². The van der Waals surface area contributed by atoms with E-state index in [0.717, 1.165) is 16.1 Å². The summed E-state index contributed by atoms with van der Waals surface area (Å²) in [5, 5.41) is 10.0. The topological polar surface area (TPSA) is 33.1 Å². The highest BCUT2D eigenvalue weighted by Crippen LogP contribution is 2.25. The first-order valence-electron chi connectivity index (χ1n) is 4.42. The van der Waals surface area contributed by atoms with Crippen molar-refractivity contribution in [1.82, 2.24) is 4.98 Å². The van der Waals surface area contributed by atoms with E-state index >= 15 is 0 Å². The van der Waals surface area contributed by atoms with E-state index in [-0.39, 0.29) is 6.61 Å². The molecule has 1 aromatic carbocycles. The number of benzene rings is 1. The van der Waals surface area contributed by atoms with Gasteiger partial charge < -0.3 is 5.11 Å². The monoisotopic (exact) mass is 205 g/mol. The molecular formula is C11H11NOS. The van der Waals surface area contributed by atoms with Gasteiger partial charge in [0.15, 0.2) is 0 Å². The van der Waals surface area contributed by atoms with Crippen LogP contribution in [0.5, 0.6) is 0 Å². The van der Waals surface area contributed by atoms with Gasteiger partial charge in [-0.1, -0.05) is 18.2 Å². The summed E-state index contributed by atoms with van der Waals surface area (Å²) < 4.78 is 0. The highest BCUT2D eigenvalue weighted by molar-refractivity contribution is 7.14. The van der Waals surface area contributed by atoms with Gasteiger partial charge >= 0.3 is 0 Å². The van der Waals surface area contributed by atoms with Crippen molar-refractivity contribution in [2.45, 2.75) is 13.5 Å². The Kier molecular flexibility index (Phi) is 2.61. The maximum absolute atomic E-state index is 9.00. The van der Waals surface area contributed by atoms with E-state index in [1.54, 1.807) is 11.3 Å². The third-order valence-corrected chi connectivity index (χ3v) is 2.94. The van der Waals surface area contributed by atoms with E-state index in [4.69, 9.17) is 5.11 Å². The molecule has 0 bridgehead atoms. The second kappa shape index (κ2) is 3.90. The highest BCUT2D eigenvalue weighted by Gasteiger charge is 2.02. The molecule has 0 spiro atoms. The fourth-order valence-electron chi connectivity index (χ4n) is 1.29.